The molecule has 3 aromatic carbocycles. The molecule has 0 aliphatic carbocycles. The highest BCUT2D eigenvalue weighted by Crippen LogP contribution is 2.45. The predicted octanol–water partition coefficient (Wildman–Crippen LogP) is 5.54. The SMILES string of the molecule is Cc1cc(O)c(-c2ccc(OP(=O)(O)Oc3ccccc3)cc2)c(C)c1C. The van der Waals surface area contributed by atoms with E-state index in [1.807, 2.05) is 20.8 Å². The summed E-state index contributed by atoms with van der Waals surface area (Å²) in [6, 6.07) is 16.6. The Morgan fingerprint density at radius 2 is 1.37 bits per heavy atom. The van der Waals surface area contributed by atoms with Crippen LogP contribution < -0.4 is 9.05 Å². The van der Waals surface area contributed by atoms with Gasteiger partial charge in [-0.15, -0.1) is 0 Å². The largest absolute Gasteiger partial charge is 0.584 e. The first-order chi connectivity index (χ1) is 12.8. The fourth-order valence-electron chi connectivity index (χ4n) is 2.87. The van der Waals surface area contributed by atoms with Gasteiger partial charge in [-0.2, -0.15) is 0 Å². The molecule has 0 saturated carbocycles. The lowest BCUT2D eigenvalue weighted by Gasteiger charge is -2.16. The van der Waals surface area contributed by atoms with Crippen molar-refractivity contribution in [3.63, 3.8) is 0 Å². The Bertz CT molecular complexity index is 997. The first-order valence-electron chi connectivity index (χ1n) is 8.44. The summed E-state index contributed by atoms with van der Waals surface area (Å²) in [5.74, 6) is 0.640. The number of phenols is 1. The van der Waals surface area contributed by atoms with Crippen molar-refractivity contribution < 1.29 is 23.6 Å². The van der Waals surface area contributed by atoms with Gasteiger partial charge in [0.2, 0.25) is 0 Å². The molecule has 140 valence electrons. The minimum absolute atomic E-state index is 0.196. The normalized spacial score (nSPS) is 13.0. The van der Waals surface area contributed by atoms with Crippen molar-refractivity contribution in [3.8, 4) is 28.4 Å². The highest BCUT2D eigenvalue weighted by molar-refractivity contribution is 7.48. The number of aromatic hydroxyl groups is 1. The smallest absolute Gasteiger partial charge is 0.507 e. The second-order valence-corrected chi connectivity index (χ2v) is 7.63. The Morgan fingerprint density at radius 3 is 1.96 bits per heavy atom. The zero-order valence-corrected chi connectivity index (χ0v) is 16.2. The molecule has 0 aliphatic heterocycles. The van der Waals surface area contributed by atoms with E-state index < -0.39 is 7.82 Å². The van der Waals surface area contributed by atoms with Gasteiger partial charge < -0.3 is 14.2 Å². The third kappa shape index (κ3) is 4.33. The first-order valence-corrected chi connectivity index (χ1v) is 9.93. The van der Waals surface area contributed by atoms with Crippen LogP contribution in [0, 0.1) is 20.8 Å². The fraction of sp³-hybridized carbons (Fsp3) is 0.143. The van der Waals surface area contributed by atoms with Crippen LogP contribution in [-0.4, -0.2) is 10.00 Å². The van der Waals surface area contributed by atoms with Gasteiger partial charge in [0, 0.05) is 5.56 Å². The molecule has 3 rings (SSSR count). The van der Waals surface area contributed by atoms with Crippen LogP contribution in [0.3, 0.4) is 0 Å². The van der Waals surface area contributed by atoms with Gasteiger partial charge in [-0.3, -0.25) is 4.89 Å². The lowest BCUT2D eigenvalue weighted by molar-refractivity contribution is 0.291. The zero-order chi connectivity index (χ0) is 19.6. The van der Waals surface area contributed by atoms with Crippen molar-refractivity contribution in [1.82, 2.24) is 0 Å². The van der Waals surface area contributed by atoms with E-state index >= 15 is 0 Å². The molecule has 0 aromatic heterocycles. The van der Waals surface area contributed by atoms with Crippen LogP contribution in [0.4, 0.5) is 0 Å². The molecule has 1 atom stereocenters. The van der Waals surface area contributed by atoms with E-state index in [1.54, 1.807) is 60.7 Å². The van der Waals surface area contributed by atoms with Crippen LogP contribution in [0.2, 0.25) is 0 Å². The average Bonchev–Trinajstić information content (AvgIpc) is 2.61. The third-order valence-electron chi connectivity index (χ3n) is 4.47. The molecule has 0 spiro atoms. The van der Waals surface area contributed by atoms with Crippen molar-refractivity contribution in [1.29, 1.82) is 0 Å². The maximum atomic E-state index is 12.2. The van der Waals surface area contributed by atoms with E-state index in [2.05, 4.69) is 0 Å². The summed E-state index contributed by atoms with van der Waals surface area (Å²) in [6.45, 7) is 5.92. The molecule has 5 nitrogen and oxygen atoms in total. The lowest BCUT2D eigenvalue weighted by atomic mass is 9.93. The molecular formula is C21H21O5P. The number of phosphoric acid groups is 1. The summed E-state index contributed by atoms with van der Waals surface area (Å²) in [7, 11) is -4.31. The van der Waals surface area contributed by atoms with Gasteiger partial charge in [0.25, 0.3) is 0 Å². The molecule has 3 aromatic rings. The summed E-state index contributed by atoms with van der Waals surface area (Å²) in [6.07, 6.45) is 0. The number of hydrogen-bond acceptors (Lipinski definition) is 4. The van der Waals surface area contributed by atoms with Crippen molar-refractivity contribution in [2.45, 2.75) is 20.8 Å². The Kier molecular flexibility index (Phi) is 5.26. The van der Waals surface area contributed by atoms with Crippen LogP contribution in [0.5, 0.6) is 17.2 Å². The van der Waals surface area contributed by atoms with Crippen LogP contribution in [0.1, 0.15) is 16.7 Å². The molecule has 0 heterocycles. The van der Waals surface area contributed by atoms with Gasteiger partial charge >= 0.3 is 7.82 Å². The van der Waals surface area contributed by atoms with E-state index in [0.29, 0.717) is 0 Å². The molecule has 0 aliphatic rings. The highest BCUT2D eigenvalue weighted by Gasteiger charge is 2.25. The standard InChI is InChI=1S/C21H21O5P/c1-14-13-20(22)21(16(3)15(14)2)17-9-11-19(12-10-17)26-27(23,24)25-18-7-5-4-6-8-18/h4-13,22H,1-3H3,(H,23,24). The van der Waals surface area contributed by atoms with Gasteiger partial charge in [-0.05, 0) is 73.4 Å². The Morgan fingerprint density at radius 1 is 0.815 bits per heavy atom. The number of para-hydroxylation sites is 1. The van der Waals surface area contributed by atoms with Gasteiger partial charge in [0.1, 0.15) is 17.2 Å². The van der Waals surface area contributed by atoms with Gasteiger partial charge in [-0.25, -0.2) is 4.57 Å². The maximum Gasteiger partial charge on any atom is 0.584 e. The minimum Gasteiger partial charge on any atom is -0.507 e. The predicted molar refractivity (Wildman–Crippen MR) is 105 cm³/mol. The number of phosphoric ester groups is 1. The number of rotatable bonds is 5. The Balaban J connectivity index is 1.82. The molecule has 0 saturated heterocycles. The second-order valence-electron chi connectivity index (χ2n) is 6.33. The summed E-state index contributed by atoms with van der Waals surface area (Å²) in [5.41, 5.74) is 4.64. The topological polar surface area (TPSA) is 76.0 Å². The van der Waals surface area contributed by atoms with Crippen LogP contribution in [-0.2, 0) is 4.57 Å². The summed E-state index contributed by atoms with van der Waals surface area (Å²) >= 11 is 0. The van der Waals surface area contributed by atoms with E-state index in [0.717, 1.165) is 27.8 Å². The number of phenolic OH excluding ortho intramolecular Hbond substituents is 1. The maximum absolute atomic E-state index is 12.2. The first kappa shape index (κ1) is 19.0. The van der Waals surface area contributed by atoms with Crippen LogP contribution in [0.15, 0.2) is 60.7 Å². The summed E-state index contributed by atoms with van der Waals surface area (Å²) in [4.78, 5) is 9.93. The molecule has 6 heteroatoms. The third-order valence-corrected chi connectivity index (χ3v) is 5.35. The van der Waals surface area contributed by atoms with Crippen molar-refractivity contribution in [3.05, 3.63) is 77.4 Å². The molecule has 1 unspecified atom stereocenters. The minimum atomic E-state index is -4.31. The molecule has 0 fully saturated rings. The van der Waals surface area contributed by atoms with Crippen molar-refractivity contribution >= 4 is 7.82 Å². The van der Waals surface area contributed by atoms with Gasteiger partial charge in [-0.1, -0.05) is 30.3 Å². The Hall–Kier alpha value is -2.75. The number of benzene rings is 3. The van der Waals surface area contributed by atoms with Gasteiger partial charge in [0.05, 0.1) is 0 Å². The van der Waals surface area contributed by atoms with Crippen LogP contribution >= 0.6 is 7.82 Å². The van der Waals surface area contributed by atoms with E-state index in [9.17, 15) is 14.6 Å². The number of hydrogen-bond donors (Lipinski definition) is 2. The van der Waals surface area contributed by atoms with Crippen molar-refractivity contribution in [2.75, 3.05) is 0 Å². The van der Waals surface area contributed by atoms with Gasteiger partial charge in [0.15, 0.2) is 0 Å². The molecular weight excluding hydrogens is 363 g/mol. The summed E-state index contributed by atoms with van der Waals surface area (Å²) in [5, 5.41) is 10.3. The Labute approximate surface area is 158 Å². The average molecular weight is 384 g/mol. The fourth-order valence-corrected chi connectivity index (χ4v) is 3.69. The zero-order valence-electron chi connectivity index (χ0n) is 15.3. The number of aryl methyl sites for hydroxylation is 1. The van der Waals surface area contributed by atoms with E-state index in [-0.39, 0.29) is 17.2 Å². The molecule has 27 heavy (non-hydrogen) atoms. The summed E-state index contributed by atoms with van der Waals surface area (Å²) < 4.78 is 22.3. The molecule has 0 bridgehead atoms. The quantitative estimate of drug-likeness (QED) is 0.565. The monoisotopic (exact) mass is 384 g/mol. The van der Waals surface area contributed by atoms with Crippen molar-refractivity contribution in [2.24, 2.45) is 0 Å². The highest BCUT2D eigenvalue weighted by atomic mass is 31.2. The molecule has 2 N–H and O–H groups in total. The molecule has 0 radical (unpaired) electrons. The van der Waals surface area contributed by atoms with E-state index in [1.165, 1.54) is 0 Å². The molecule has 0 amide bonds. The van der Waals surface area contributed by atoms with E-state index in [4.69, 9.17) is 9.05 Å². The van der Waals surface area contributed by atoms with Crippen LogP contribution in [0.25, 0.3) is 11.1 Å². The second kappa shape index (κ2) is 7.47. The lowest BCUT2D eigenvalue weighted by Crippen LogP contribution is -1.99.